The van der Waals surface area contributed by atoms with Crippen molar-refractivity contribution in [1.29, 1.82) is 0 Å². The van der Waals surface area contributed by atoms with Crippen molar-refractivity contribution >= 4 is 28.8 Å². The van der Waals surface area contributed by atoms with E-state index in [0.717, 1.165) is 23.5 Å². The minimum Gasteiger partial charge on any atom is -0.495 e. The lowest BCUT2D eigenvalue weighted by Gasteiger charge is -2.13. The van der Waals surface area contributed by atoms with Crippen molar-refractivity contribution in [1.82, 2.24) is 9.78 Å². The van der Waals surface area contributed by atoms with Crippen molar-refractivity contribution < 1.29 is 4.74 Å². The average molecular weight is 366 g/mol. The number of methoxy groups -OCH3 is 1. The van der Waals surface area contributed by atoms with Crippen molar-refractivity contribution in [2.75, 3.05) is 17.7 Å². The molecule has 0 aliphatic rings. The van der Waals surface area contributed by atoms with Crippen LogP contribution in [-0.2, 0) is 6.54 Å². The predicted molar refractivity (Wildman–Crippen MR) is 110 cm³/mol. The predicted octanol–water partition coefficient (Wildman–Crippen LogP) is 4.37. The molecule has 0 aliphatic heterocycles. The summed E-state index contributed by atoms with van der Waals surface area (Å²) in [6, 6.07) is 16.1. The Morgan fingerprint density at radius 1 is 1.12 bits per heavy atom. The van der Waals surface area contributed by atoms with Crippen LogP contribution in [0.1, 0.15) is 16.7 Å². The number of benzene rings is 2. The fraction of sp³-hybridized carbons (Fsp3) is 0.200. The lowest BCUT2D eigenvalue weighted by Crippen LogP contribution is -2.20. The van der Waals surface area contributed by atoms with E-state index in [2.05, 4.69) is 34.8 Å². The van der Waals surface area contributed by atoms with Gasteiger partial charge in [-0.05, 0) is 54.9 Å². The van der Waals surface area contributed by atoms with Crippen molar-refractivity contribution in [3.63, 3.8) is 0 Å². The summed E-state index contributed by atoms with van der Waals surface area (Å²) in [5.74, 6) is 1.44. The standard InChI is InChI=1S/C20H22N4OS/c1-14-8-9-18(25-3)17(12-14)21-20(26)22-19-10-11-24(23-19)13-16-7-5-4-6-15(16)2/h4-12H,13H2,1-3H3,(H2,21,22,23,26). The molecule has 5 nitrogen and oxygen atoms in total. The third-order valence-electron chi connectivity index (χ3n) is 4.08. The summed E-state index contributed by atoms with van der Waals surface area (Å²) in [5, 5.41) is 11.3. The summed E-state index contributed by atoms with van der Waals surface area (Å²) in [6.07, 6.45) is 1.94. The average Bonchev–Trinajstić information content (AvgIpc) is 3.04. The van der Waals surface area contributed by atoms with Crippen LogP contribution in [0.15, 0.2) is 54.7 Å². The maximum atomic E-state index is 5.40. The number of aromatic nitrogens is 2. The van der Waals surface area contributed by atoms with Gasteiger partial charge in [-0.3, -0.25) is 4.68 Å². The minimum atomic E-state index is 0.468. The molecule has 0 spiro atoms. The van der Waals surface area contributed by atoms with Crippen LogP contribution in [0.3, 0.4) is 0 Å². The molecule has 26 heavy (non-hydrogen) atoms. The van der Waals surface area contributed by atoms with Gasteiger partial charge in [0.25, 0.3) is 0 Å². The highest BCUT2D eigenvalue weighted by molar-refractivity contribution is 7.80. The molecule has 1 heterocycles. The second-order valence-electron chi connectivity index (χ2n) is 6.11. The largest absolute Gasteiger partial charge is 0.495 e. The SMILES string of the molecule is COc1ccc(C)cc1NC(=S)Nc1ccn(Cc2ccccc2C)n1. The molecule has 0 bridgehead atoms. The van der Waals surface area contributed by atoms with Crippen molar-refractivity contribution in [3.05, 3.63) is 71.4 Å². The summed E-state index contributed by atoms with van der Waals surface area (Å²) >= 11 is 5.40. The monoisotopic (exact) mass is 366 g/mol. The lowest BCUT2D eigenvalue weighted by atomic mass is 10.1. The van der Waals surface area contributed by atoms with E-state index >= 15 is 0 Å². The highest BCUT2D eigenvalue weighted by Crippen LogP contribution is 2.25. The maximum absolute atomic E-state index is 5.40. The van der Waals surface area contributed by atoms with Gasteiger partial charge in [0.1, 0.15) is 5.75 Å². The first-order valence-corrected chi connectivity index (χ1v) is 8.76. The molecule has 0 saturated carbocycles. The number of nitrogens with zero attached hydrogens (tertiary/aromatic N) is 2. The van der Waals surface area contributed by atoms with Crippen LogP contribution in [-0.4, -0.2) is 22.0 Å². The Labute approximate surface area is 159 Å². The molecule has 0 saturated heterocycles. The second-order valence-corrected chi connectivity index (χ2v) is 6.52. The Morgan fingerprint density at radius 3 is 2.69 bits per heavy atom. The maximum Gasteiger partial charge on any atom is 0.176 e. The van der Waals surface area contributed by atoms with Gasteiger partial charge >= 0.3 is 0 Å². The number of thiocarbonyl (C=S) groups is 1. The fourth-order valence-corrected chi connectivity index (χ4v) is 2.88. The molecule has 2 aromatic carbocycles. The molecule has 2 N–H and O–H groups in total. The Kier molecular flexibility index (Phi) is 5.53. The van der Waals surface area contributed by atoms with Gasteiger partial charge in [0.2, 0.25) is 0 Å². The van der Waals surface area contributed by atoms with Gasteiger partial charge in [0, 0.05) is 12.3 Å². The minimum absolute atomic E-state index is 0.468. The number of hydrogen-bond donors (Lipinski definition) is 2. The van der Waals surface area contributed by atoms with E-state index in [1.54, 1.807) is 7.11 Å². The summed E-state index contributed by atoms with van der Waals surface area (Å²) < 4.78 is 7.25. The first kappa shape index (κ1) is 17.9. The van der Waals surface area contributed by atoms with Crippen LogP contribution in [0.5, 0.6) is 5.75 Å². The third-order valence-corrected chi connectivity index (χ3v) is 4.28. The molecular formula is C20H22N4OS. The van der Waals surface area contributed by atoms with Crippen LogP contribution in [0.2, 0.25) is 0 Å². The molecule has 0 radical (unpaired) electrons. The zero-order valence-electron chi connectivity index (χ0n) is 15.1. The first-order valence-electron chi connectivity index (χ1n) is 8.36. The van der Waals surface area contributed by atoms with E-state index in [9.17, 15) is 0 Å². The first-order chi connectivity index (χ1) is 12.5. The van der Waals surface area contributed by atoms with Crippen LogP contribution in [0, 0.1) is 13.8 Å². The summed E-state index contributed by atoms with van der Waals surface area (Å²) in [5.41, 5.74) is 4.44. The van der Waals surface area contributed by atoms with E-state index in [0.29, 0.717) is 10.9 Å². The molecule has 1 aromatic heterocycles. The van der Waals surface area contributed by atoms with E-state index in [1.807, 2.05) is 54.2 Å². The van der Waals surface area contributed by atoms with Gasteiger partial charge in [0.15, 0.2) is 10.9 Å². The number of anilines is 2. The lowest BCUT2D eigenvalue weighted by molar-refractivity contribution is 0.417. The second kappa shape index (κ2) is 8.01. The Balaban J connectivity index is 1.65. The van der Waals surface area contributed by atoms with Crippen molar-refractivity contribution in [3.8, 4) is 5.75 Å². The van der Waals surface area contributed by atoms with Gasteiger partial charge in [0.05, 0.1) is 19.3 Å². The number of ether oxygens (including phenoxy) is 1. The molecular weight excluding hydrogens is 344 g/mol. The molecule has 134 valence electrons. The van der Waals surface area contributed by atoms with Crippen molar-refractivity contribution in [2.45, 2.75) is 20.4 Å². The Hall–Kier alpha value is -2.86. The van der Waals surface area contributed by atoms with Gasteiger partial charge < -0.3 is 15.4 Å². The smallest absolute Gasteiger partial charge is 0.176 e. The molecule has 0 aliphatic carbocycles. The normalized spacial score (nSPS) is 10.4. The Morgan fingerprint density at radius 2 is 1.92 bits per heavy atom. The van der Waals surface area contributed by atoms with E-state index < -0.39 is 0 Å². The number of rotatable bonds is 5. The molecule has 3 rings (SSSR count). The molecule has 0 unspecified atom stereocenters. The van der Waals surface area contributed by atoms with E-state index in [-0.39, 0.29) is 0 Å². The zero-order chi connectivity index (χ0) is 18.5. The Bertz CT molecular complexity index is 920. The van der Waals surface area contributed by atoms with Gasteiger partial charge in [-0.1, -0.05) is 30.3 Å². The number of aryl methyl sites for hydroxylation is 2. The molecule has 0 atom stereocenters. The summed E-state index contributed by atoms with van der Waals surface area (Å²) in [4.78, 5) is 0. The molecule has 0 fully saturated rings. The van der Waals surface area contributed by atoms with Gasteiger partial charge in [-0.15, -0.1) is 0 Å². The van der Waals surface area contributed by atoms with E-state index in [1.165, 1.54) is 11.1 Å². The van der Waals surface area contributed by atoms with Gasteiger partial charge in [-0.2, -0.15) is 5.10 Å². The highest BCUT2D eigenvalue weighted by atomic mass is 32.1. The fourth-order valence-electron chi connectivity index (χ4n) is 2.67. The van der Waals surface area contributed by atoms with Crippen LogP contribution < -0.4 is 15.4 Å². The topological polar surface area (TPSA) is 51.1 Å². The molecule has 0 amide bonds. The summed E-state index contributed by atoms with van der Waals surface area (Å²) in [7, 11) is 1.64. The van der Waals surface area contributed by atoms with Crippen molar-refractivity contribution in [2.24, 2.45) is 0 Å². The molecule has 3 aromatic rings. The third kappa shape index (κ3) is 4.40. The molecule has 6 heteroatoms. The quantitative estimate of drug-likeness (QED) is 0.657. The number of hydrogen-bond acceptors (Lipinski definition) is 3. The zero-order valence-corrected chi connectivity index (χ0v) is 15.9. The van der Waals surface area contributed by atoms with Crippen LogP contribution in [0.25, 0.3) is 0 Å². The number of nitrogens with one attached hydrogen (secondary N) is 2. The van der Waals surface area contributed by atoms with Gasteiger partial charge in [-0.25, -0.2) is 0 Å². The van der Waals surface area contributed by atoms with Crippen LogP contribution in [0.4, 0.5) is 11.5 Å². The van der Waals surface area contributed by atoms with Crippen LogP contribution >= 0.6 is 12.2 Å². The summed E-state index contributed by atoms with van der Waals surface area (Å²) in [6.45, 7) is 4.85. The van der Waals surface area contributed by atoms with E-state index in [4.69, 9.17) is 17.0 Å². The highest BCUT2D eigenvalue weighted by Gasteiger charge is 2.07.